The zero-order valence-corrected chi connectivity index (χ0v) is 41.6. The molecule has 0 unspecified atom stereocenters. The lowest BCUT2D eigenvalue weighted by atomic mass is 9.86. The lowest BCUT2D eigenvalue weighted by molar-refractivity contribution is 0.104. The molecule has 2 saturated heterocycles. The molecule has 0 amide bonds. The smallest absolute Gasteiger partial charge is 0.194 e. The molecule has 74 heavy (non-hydrogen) atoms. The molecular weight excluding hydrogens is 937 g/mol. The molecular formula is C59H60N6O9. The predicted molar refractivity (Wildman–Crippen MR) is 284 cm³/mol. The maximum atomic E-state index is 16.1. The maximum absolute atomic E-state index is 16.1. The number of hydrogen-bond donors (Lipinski definition) is 4. The molecule has 15 nitrogen and oxygen atoms in total. The molecule has 2 fully saturated rings. The lowest BCUT2D eigenvalue weighted by Crippen LogP contribution is -2.44. The molecule has 0 bridgehead atoms. The molecule has 8 aromatic rings. The minimum Gasteiger partial charge on any atom is -0.508 e. The van der Waals surface area contributed by atoms with E-state index in [0.717, 1.165) is 78.3 Å². The summed E-state index contributed by atoms with van der Waals surface area (Å²) in [6.07, 6.45) is 1.59. The SMILES string of the molecule is CN1CCN(CCCOc2ccc(C(=O)c3ccc(OCCCN4CCN(C)CC4)cc3-c3c(-c4ccc(O)cc4)noc3-c3ccc(O)cc3)c(-c3c(-c4ccc(O)cc4)noc3-c3ccc(O)cc3)c2)CC1. The van der Waals surface area contributed by atoms with Gasteiger partial charge in [-0.25, -0.2) is 0 Å². The molecule has 4 heterocycles. The van der Waals surface area contributed by atoms with Crippen molar-refractivity contribution in [2.45, 2.75) is 12.8 Å². The Morgan fingerprint density at radius 1 is 0.473 bits per heavy atom. The summed E-state index contributed by atoms with van der Waals surface area (Å²) in [7, 11) is 4.28. The van der Waals surface area contributed by atoms with Crippen molar-refractivity contribution in [3.05, 3.63) is 145 Å². The van der Waals surface area contributed by atoms with Crippen molar-refractivity contribution in [1.29, 1.82) is 0 Å². The number of likely N-dealkylation sites (N-methyl/N-ethyl adjacent to an activating group) is 2. The van der Waals surface area contributed by atoms with E-state index >= 15 is 4.79 Å². The number of phenolic OH excluding ortho intramolecular Hbond substituents is 4. The second-order valence-electron chi connectivity index (χ2n) is 19.1. The van der Waals surface area contributed by atoms with E-state index in [9.17, 15) is 20.4 Å². The Labute approximate surface area is 430 Å². The fourth-order valence-corrected chi connectivity index (χ4v) is 9.61. The third-order valence-corrected chi connectivity index (χ3v) is 13.9. The zero-order chi connectivity index (χ0) is 51.1. The van der Waals surface area contributed by atoms with Crippen LogP contribution in [0.15, 0.2) is 143 Å². The topological polar surface area (TPSA) is 181 Å². The van der Waals surface area contributed by atoms with Gasteiger partial charge in [-0.3, -0.25) is 4.79 Å². The summed E-state index contributed by atoms with van der Waals surface area (Å²) in [5.41, 5.74) is 5.81. The Morgan fingerprint density at radius 3 is 1.16 bits per heavy atom. The van der Waals surface area contributed by atoms with Crippen molar-refractivity contribution >= 4 is 5.78 Å². The summed E-state index contributed by atoms with van der Waals surface area (Å²) in [6, 6.07) is 37.2. The van der Waals surface area contributed by atoms with Crippen molar-refractivity contribution in [3.63, 3.8) is 0 Å². The van der Waals surface area contributed by atoms with Gasteiger partial charge in [0, 0.05) is 110 Å². The van der Waals surface area contributed by atoms with Gasteiger partial charge < -0.3 is 58.5 Å². The van der Waals surface area contributed by atoms with E-state index in [4.69, 9.17) is 18.5 Å². The molecule has 0 spiro atoms. The molecule has 0 radical (unpaired) electrons. The summed E-state index contributed by atoms with van der Waals surface area (Å²) in [5.74, 6) is 1.68. The molecule has 0 aliphatic carbocycles. The van der Waals surface area contributed by atoms with Crippen molar-refractivity contribution in [1.82, 2.24) is 29.9 Å². The minimum atomic E-state index is -0.359. The minimum absolute atomic E-state index is 0.0680. The highest BCUT2D eigenvalue weighted by Crippen LogP contribution is 2.47. The van der Waals surface area contributed by atoms with Gasteiger partial charge in [-0.15, -0.1) is 0 Å². The molecule has 2 aliphatic heterocycles. The zero-order valence-electron chi connectivity index (χ0n) is 41.6. The third-order valence-electron chi connectivity index (χ3n) is 13.9. The van der Waals surface area contributed by atoms with Crippen LogP contribution in [0.4, 0.5) is 0 Å². The molecule has 380 valence electrons. The van der Waals surface area contributed by atoms with Gasteiger partial charge in [-0.2, -0.15) is 0 Å². The highest BCUT2D eigenvalue weighted by Gasteiger charge is 2.31. The number of carbonyl (C=O) groups excluding carboxylic acids is 1. The van der Waals surface area contributed by atoms with E-state index in [1.165, 1.54) is 0 Å². The highest BCUT2D eigenvalue weighted by molar-refractivity contribution is 6.18. The number of nitrogens with zero attached hydrogens (tertiary/aromatic N) is 6. The number of phenols is 4. The normalized spacial score (nSPS) is 14.8. The number of aromatic hydroxyl groups is 4. The van der Waals surface area contributed by atoms with E-state index in [2.05, 4.69) is 44.0 Å². The second-order valence-corrected chi connectivity index (χ2v) is 19.1. The van der Waals surface area contributed by atoms with Gasteiger partial charge in [0.1, 0.15) is 45.9 Å². The predicted octanol–water partition coefficient (Wildman–Crippen LogP) is 9.75. The van der Waals surface area contributed by atoms with Gasteiger partial charge in [0.15, 0.2) is 17.3 Å². The first-order valence-corrected chi connectivity index (χ1v) is 25.1. The number of benzene rings is 6. The van der Waals surface area contributed by atoms with Crippen molar-refractivity contribution in [2.75, 3.05) is 92.8 Å². The molecule has 15 heteroatoms. The number of aromatic nitrogens is 2. The van der Waals surface area contributed by atoms with Crippen LogP contribution in [0.1, 0.15) is 28.8 Å². The van der Waals surface area contributed by atoms with Crippen LogP contribution in [0.2, 0.25) is 0 Å². The van der Waals surface area contributed by atoms with Crippen LogP contribution in [0.3, 0.4) is 0 Å². The summed E-state index contributed by atoms with van der Waals surface area (Å²) in [6.45, 7) is 10.7. The quantitative estimate of drug-likeness (QED) is 0.0471. The van der Waals surface area contributed by atoms with E-state index in [0.29, 0.717) is 103 Å². The first-order valence-electron chi connectivity index (χ1n) is 25.1. The van der Waals surface area contributed by atoms with E-state index in [1.54, 1.807) is 121 Å². The van der Waals surface area contributed by atoms with Crippen LogP contribution in [-0.4, -0.2) is 149 Å². The monoisotopic (exact) mass is 996 g/mol. The van der Waals surface area contributed by atoms with Crippen LogP contribution in [0.25, 0.3) is 67.4 Å². The summed E-state index contributed by atoms with van der Waals surface area (Å²) >= 11 is 0. The first-order chi connectivity index (χ1) is 36.0. The van der Waals surface area contributed by atoms with Crippen LogP contribution >= 0.6 is 0 Å². The van der Waals surface area contributed by atoms with E-state index in [-0.39, 0.29) is 28.8 Å². The molecule has 4 N–H and O–H groups in total. The van der Waals surface area contributed by atoms with Gasteiger partial charge in [0.25, 0.3) is 0 Å². The highest BCUT2D eigenvalue weighted by atomic mass is 16.5. The largest absolute Gasteiger partial charge is 0.508 e. The summed E-state index contributed by atoms with van der Waals surface area (Å²) in [5, 5.41) is 50.6. The Balaban J connectivity index is 1.11. The molecule has 0 saturated carbocycles. The molecule has 10 rings (SSSR count). The van der Waals surface area contributed by atoms with Crippen LogP contribution in [0.5, 0.6) is 34.5 Å². The van der Waals surface area contributed by atoms with Crippen LogP contribution in [0, 0.1) is 0 Å². The number of carbonyl (C=O) groups is 1. The second kappa shape index (κ2) is 22.4. The standard InChI is InChI=1S/C59H60N6O9/c1-62-27-31-64(32-28-62)25-3-35-71-47-21-23-49(51(37-47)53-55(39-5-13-43(66)14-6-39)60-73-58(53)41-9-17-45(68)18-10-41)57(70)50-24-22-48(72-36-4-26-65-33-29-63(2)30-34-65)38-52(50)54-56(40-7-15-44(67)16-8-40)61-74-59(54)42-11-19-46(69)20-12-42/h5-24,37-38,66-69H,3-4,25-36H2,1-2H3. The first kappa shape index (κ1) is 49.6. The number of ether oxygens (including phenoxy) is 2. The molecule has 0 atom stereocenters. The summed E-state index contributed by atoms with van der Waals surface area (Å²) < 4.78 is 25.5. The van der Waals surface area contributed by atoms with Gasteiger partial charge >= 0.3 is 0 Å². The van der Waals surface area contributed by atoms with Crippen LogP contribution < -0.4 is 9.47 Å². The number of ketones is 1. The van der Waals surface area contributed by atoms with Crippen molar-refractivity contribution in [3.8, 4) is 102 Å². The summed E-state index contributed by atoms with van der Waals surface area (Å²) in [4.78, 5) is 25.6. The number of hydrogen-bond acceptors (Lipinski definition) is 15. The van der Waals surface area contributed by atoms with Crippen molar-refractivity contribution < 1.29 is 43.7 Å². The van der Waals surface area contributed by atoms with E-state index < -0.39 is 0 Å². The van der Waals surface area contributed by atoms with Gasteiger partial charge in [0.2, 0.25) is 0 Å². The molecule has 6 aromatic carbocycles. The Kier molecular flexibility index (Phi) is 15.0. The fourth-order valence-electron chi connectivity index (χ4n) is 9.61. The van der Waals surface area contributed by atoms with Gasteiger partial charge in [-0.05, 0) is 160 Å². The molecule has 2 aromatic heterocycles. The van der Waals surface area contributed by atoms with Crippen molar-refractivity contribution in [2.24, 2.45) is 0 Å². The van der Waals surface area contributed by atoms with Gasteiger partial charge in [0.05, 0.1) is 24.3 Å². The number of piperazine rings is 2. The fraction of sp³-hybridized carbons (Fsp3) is 0.271. The third kappa shape index (κ3) is 11.3. The average Bonchev–Trinajstić information content (AvgIpc) is 4.07. The lowest BCUT2D eigenvalue weighted by Gasteiger charge is -2.32. The van der Waals surface area contributed by atoms with Crippen LogP contribution in [-0.2, 0) is 0 Å². The Morgan fingerprint density at radius 2 is 0.811 bits per heavy atom. The molecule has 2 aliphatic rings. The average molecular weight is 997 g/mol. The number of rotatable bonds is 18. The van der Waals surface area contributed by atoms with E-state index in [1.807, 2.05) is 12.1 Å². The maximum Gasteiger partial charge on any atom is 0.194 e. The Bertz CT molecular complexity index is 2840. The Hall–Kier alpha value is -7.95. The van der Waals surface area contributed by atoms with Gasteiger partial charge in [-0.1, -0.05) is 10.3 Å².